The number of benzene rings is 1. The Kier molecular flexibility index (Phi) is 6.69. The maximum absolute atomic E-state index is 12.3. The van der Waals surface area contributed by atoms with Crippen molar-refractivity contribution in [3.05, 3.63) is 29.8 Å². The van der Waals surface area contributed by atoms with Gasteiger partial charge in [0.25, 0.3) is 10.1 Å². The van der Waals surface area contributed by atoms with E-state index in [1.54, 1.807) is 29.2 Å². The summed E-state index contributed by atoms with van der Waals surface area (Å²) >= 11 is 0. The number of likely N-dealkylation sites (tertiary alicyclic amines) is 1. The van der Waals surface area contributed by atoms with Crippen molar-refractivity contribution in [2.24, 2.45) is 5.92 Å². The van der Waals surface area contributed by atoms with Gasteiger partial charge in [0.1, 0.15) is 5.60 Å². The molecule has 7 heteroatoms. The predicted octanol–water partition coefficient (Wildman–Crippen LogP) is 3.74. The molecule has 0 aliphatic carbocycles. The average molecular weight is 384 g/mol. The lowest BCUT2D eigenvalue weighted by molar-refractivity contribution is 0.0254. The van der Waals surface area contributed by atoms with Crippen molar-refractivity contribution in [3.63, 3.8) is 0 Å². The highest BCUT2D eigenvalue weighted by atomic mass is 32.2. The second kappa shape index (κ2) is 8.39. The van der Waals surface area contributed by atoms with E-state index in [1.807, 2.05) is 27.7 Å². The number of carbonyl (C=O) groups excluding carboxylic acids is 1. The highest BCUT2D eigenvalue weighted by Gasteiger charge is 2.26. The van der Waals surface area contributed by atoms with Crippen LogP contribution >= 0.6 is 0 Å². The Morgan fingerprint density at radius 2 is 1.81 bits per heavy atom. The number of aryl methyl sites for hydroxylation is 1. The molecule has 0 aromatic heterocycles. The van der Waals surface area contributed by atoms with Gasteiger partial charge in [0.15, 0.2) is 0 Å². The summed E-state index contributed by atoms with van der Waals surface area (Å²) in [4.78, 5) is 14.0. The lowest BCUT2D eigenvalue weighted by atomic mass is 10.0. The molecule has 6 nitrogen and oxygen atoms in total. The topological polar surface area (TPSA) is 72.9 Å². The monoisotopic (exact) mass is 383 g/mol. The SMILES string of the molecule is Cc1ccc(S(=O)(=O)OCC2CCCN(C(=O)OC(C)(C)C)CC2)cc1. The highest BCUT2D eigenvalue weighted by Crippen LogP contribution is 2.22. The van der Waals surface area contributed by atoms with Crippen molar-refractivity contribution in [3.8, 4) is 0 Å². The first-order valence-corrected chi connectivity index (χ1v) is 10.4. The van der Waals surface area contributed by atoms with Crippen LogP contribution in [-0.2, 0) is 19.0 Å². The third-order valence-electron chi connectivity index (χ3n) is 4.27. The van der Waals surface area contributed by atoms with Crippen LogP contribution in [0.5, 0.6) is 0 Å². The van der Waals surface area contributed by atoms with E-state index >= 15 is 0 Å². The van der Waals surface area contributed by atoms with Crippen LogP contribution in [0.2, 0.25) is 0 Å². The first-order valence-electron chi connectivity index (χ1n) is 9.01. The number of ether oxygens (including phenoxy) is 1. The van der Waals surface area contributed by atoms with E-state index in [2.05, 4.69) is 0 Å². The molecule has 1 amide bonds. The number of nitrogens with zero attached hydrogens (tertiary/aromatic N) is 1. The molecule has 0 saturated carbocycles. The molecule has 2 rings (SSSR count). The Morgan fingerprint density at radius 3 is 2.42 bits per heavy atom. The van der Waals surface area contributed by atoms with Gasteiger partial charge in [-0.05, 0) is 65.0 Å². The van der Waals surface area contributed by atoms with Gasteiger partial charge in [-0.3, -0.25) is 4.18 Å². The van der Waals surface area contributed by atoms with Crippen LogP contribution in [0.25, 0.3) is 0 Å². The zero-order valence-corrected chi connectivity index (χ0v) is 16.8. The van der Waals surface area contributed by atoms with E-state index in [-0.39, 0.29) is 23.5 Å². The normalized spacial score (nSPS) is 19.1. The second-order valence-electron chi connectivity index (χ2n) is 7.82. The molecule has 1 atom stereocenters. The fourth-order valence-electron chi connectivity index (χ4n) is 2.80. The van der Waals surface area contributed by atoms with E-state index in [9.17, 15) is 13.2 Å². The van der Waals surface area contributed by atoms with E-state index in [0.29, 0.717) is 19.5 Å². The first kappa shape index (κ1) is 20.7. The summed E-state index contributed by atoms with van der Waals surface area (Å²) in [5, 5.41) is 0. The van der Waals surface area contributed by atoms with Gasteiger partial charge in [0.2, 0.25) is 0 Å². The van der Waals surface area contributed by atoms with Gasteiger partial charge >= 0.3 is 6.09 Å². The van der Waals surface area contributed by atoms with E-state index in [0.717, 1.165) is 18.4 Å². The third kappa shape index (κ3) is 6.29. The van der Waals surface area contributed by atoms with Crippen LogP contribution in [0.3, 0.4) is 0 Å². The zero-order valence-electron chi connectivity index (χ0n) is 16.0. The Morgan fingerprint density at radius 1 is 1.15 bits per heavy atom. The fourth-order valence-corrected chi connectivity index (χ4v) is 3.78. The summed E-state index contributed by atoms with van der Waals surface area (Å²) in [5.74, 6) is 0.0997. The lowest BCUT2D eigenvalue weighted by Crippen LogP contribution is -2.37. The van der Waals surface area contributed by atoms with Gasteiger partial charge in [0.05, 0.1) is 11.5 Å². The summed E-state index contributed by atoms with van der Waals surface area (Å²) < 4.78 is 35.3. The van der Waals surface area contributed by atoms with Crippen LogP contribution in [0.1, 0.15) is 45.6 Å². The van der Waals surface area contributed by atoms with Crippen molar-refractivity contribution < 1.29 is 22.1 Å². The fraction of sp³-hybridized carbons (Fsp3) is 0.632. The number of rotatable bonds is 4. The second-order valence-corrected chi connectivity index (χ2v) is 9.43. The molecule has 1 saturated heterocycles. The average Bonchev–Trinajstić information content (AvgIpc) is 2.77. The molecule has 0 spiro atoms. The van der Waals surface area contributed by atoms with Crippen LogP contribution in [-0.4, -0.2) is 44.7 Å². The van der Waals surface area contributed by atoms with Gasteiger partial charge in [-0.2, -0.15) is 8.42 Å². The van der Waals surface area contributed by atoms with Gasteiger partial charge in [-0.1, -0.05) is 17.7 Å². The van der Waals surface area contributed by atoms with Crippen molar-refractivity contribution in [1.29, 1.82) is 0 Å². The molecule has 1 fully saturated rings. The summed E-state index contributed by atoms with van der Waals surface area (Å²) in [7, 11) is -3.75. The smallest absolute Gasteiger partial charge is 0.410 e. The van der Waals surface area contributed by atoms with E-state index in [4.69, 9.17) is 8.92 Å². The minimum atomic E-state index is -3.75. The first-order chi connectivity index (χ1) is 12.1. The van der Waals surface area contributed by atoms with Crippen molar-refractivity contribution in [1.82, 2.24) is 4.90 Å². The summed E-state index contributed by atoms with van der Waals surface area (Å²) in [6.07, 6.45) is 2.01. The molecule has 1 aromatic rings. The van der Waals surface area contributed by atoms with Crippen LogP contribution < -0.4 is 0 Å². The maximum Gasteiger partial charge on any atom is 0.410 e. The molecule has 0 radical (unpaired) electrons. The lowest BCUT2D eigenvalue weighted by Gasteiger charge is -2.26. The molecule has 0 bridgehead atoms. The zero-order chi connectivity index (χ0) is 19.4. The van der Waals surface area contributed by atoms with Crippen molar-refractivity contribution >= 4 is 16.2 Å². The minimum Gasteiger partial charge on any atom is -0.444 e. The van der Waals surface area contributed by atoms with Gasteiger partial charge in [-0.25, -0.2) is 4.79 Å². The number of hydrogen-bond acceptors (Lipinski definition) is 5. The minimum absolute atomic E-state index is 0.0997. The Labute approximate surface area is 156 Å². The number of amides is 1. The molecule has 1 aromatic carbocycles. The summed E-state index contributed by atoms with van der Waals surface area (Å²) in [6.45, 7) is 8.74. The molecular formula is C19H29NO5S. The Balaban J connectivity index is 1.88. The predicted molar refractivity (Wildman–Crippen MR) is 99.5 cm³/mol. The standard InChI is InChI=1S/C19H29NO5S/c1-15-7-9-17(10-8-15)26(22,23)24-14-16-6-5-12-20(13-11-16)18(21)25-19(2,3)4/h7-10,16H,5-6,11-14H2,1-4H3. The van der Waals surface area contributed by atoms with E-state index in [1.165, 1.54) is 0 Å². The number of carbonyl (C=O) groups is 1. The molecule has 1 heterocycles. The summed E-state index contributed by atoms with van der Waals surface area (Å²) in [5.41, 5.74) is 0.476. The summed E-state index contributed by atoms with van der Waals surface area (Å²) in [6, 6.07) is 6.62. The van der Waals surface area contributed by atoms with Crippen molar-refractivity contribution in [2.75, 3.05) is 19.7 Å². The van der Waals surface area contributed by atoms with Gasteiger partial charge < -0.3 is 9.64 Å². The third-order valence-corrected chi connectivity index (χ3v) is 5.56. The molecule has 1 unspecified atom stereocenters. The Bertz CT molecular complexity index is 706. The van der Waals surface area contributed by atoms with Crippen molar-refractivity contribution in [2.45, 2.75) is 57.5 Å². The molecule has 1 aliphatic rings. The quantitative estimate of drug-likeness (QED) is 0.741. The maximum atomic E-state index is 12.3. The molecular weight excluding hydrogens is 354 g/mol. The Hall–Kier alpha value is -1.60. The van der Waals surface area contributed by atoms with Crippen LogP contribution in [0, 0.1) is 12.8 Å². The largest absolute Gasteiger partial charge is 0.444 e. The van der Waals surface area contributed by atoms with Crippen LogP contribution in [0.15, 0.2) is 29.2 Å². The molecule has 0 N–H and O–H groups in total. The molecule has 1 aliphatic heterocycles. The van der Waals surface area contributed by atoms with Gasteiger partial charge in [-0.15, -0.1) is 0 Å². The van der Waals surface area contributed by atoms with Crippen LogP contribution in [0.4, 0.5) is 4.79 Å². The van der Waals surface area contributed by atoms with E-state index < -0.39 is 15.7 Å². The molecule has 26 heavy (non-hydrogen) atoms. The number of hydrogen-bond donors (Lipinski definition) is 0. The molecule has 146 valence electrons. The highest BCUT2D eigenvalue weighted by molar-refractivity contribution is 7.86. The van der Waals surface area contributed by atoms with Gasteiger partial charge in [0, 0.05) is 13.1 Å².